The molecule has 0 fully saturated rings. The summed E-state index contributed by atoms with van der Waals surface area (Å²) >= 11 is 0. The Kier molecular flexibility index (Phi) is 3.43. The molecule has 0 unspecified atom stereocenters. The molecule has 0 bridgehead atoms. The molecule has 23 heavy (non-hydrogen) atoms. The van der Waals surface area contributed by atoms with Gasteiger partial charge in [-0.1, -0.05) is 11.6 Å². The lowest BCUT2D eigenvalue weighted by atomic mass is 10.1. The van der Waals surface area contributed by atoms with Crippen molar-refractivity contribution in [1.29, 1.82) is 0 Å². The second-order valence-electron chi connectivity index (χ2n) is 5.22. The number of nitrogens with zero attached hydrogens (tertiary/aromatic N) is 2. The molecular weight excluding hydrogens is 309 g/mol. The lowest BCUT2D eigenvalue weighted by Crippen LogP contribution is -2.17. The van der Waals surface area contributed by atoms with E-state index in [1.165, 1.54) is 6.07 Å². The van der Waals surface area contributed by atoms with Crippen molar-refractivity contribution < 1.29 is 23.0 Å². The summed E-state index contributed by atoms with van der Waals surface area (Å²) in [7, 11) is 1.76. The average molecular weight is 322 g/mol. The Bertz CT molecular complexity index is 885. The molecule has 120 valence electrons. The highest BCUT2D eigenvalue weighted by atomic mass is 19.4. The number of phenolic OH excluding ortho intramolecular Hbond substituents is 1. The maximum Gasteiger partial charge on any atom is 0.573 e. The van der Waals surface area contributed by atoms with Crippen molar-refractivity contribution in [3.05, 3.63) is 42.0 Å². The van der Waals surface area contributed by atoms with Crippen molar-refractivity contribution in [2.24, 2.45) is 7.05 Å². The summed E-state index contributed by atoms with van der Waals surface area (Å²) in [6, 6.07) is 9.54. The summed E-state index contributed by atoms with van der Waals surface area (Å²) in [6.45, 7) is 1.92. The first-order chi connectivity index (χ1) is 10.7. The van der Waals surface area contributed by atoms with E-state index in [2.05, 4.69) is 9.84 Å². The van der Waals surface area contributed by atoms with Crippen molar-refractivity contribution in [2.45, 2.75) is 13.3 Å². The number of hydrogen-bond acceptors (Lipinski definition) is 3. The number of halogens is 3. The lowest BCUT2D eigenvalue weighted by Gasteiger charge is -2.11. The molecular formula is C16H13F3N2O2. The smallest absolute Gasteiger partial charge is 0.504 e. The second kappa shape index (κ2) is 5.19. The fraction of sp³-hybridized carbons (Fsp3) is 0.188. The monoisotopic (exact) mass is 322 g/mol. The normalized spacial score (nSPS) is 11.9. The standard InChI is InChI=1S/C16H13F3N2O2/c1-9-3-5-12-11(7-9)15(20-21(12)2)10-4-6-13(22)14(8-10)23-16(17,18)19/h3-8,22H,1-2H3. The topological polar surface area (TPSA) is 47.3 Å². The summed E-state index contributed by atoms with van der Waals surface area (Å²) < 4.78 is 42.7. The number of hydrogen-bond donors (Lipinski definition) is 1. The highest BCUT2D eigenvalue weighted by Gasteiger charge is 2.32. The van der Waals surface area contributed by atoms with E-state index in [0.717, 1.165) is 28.6 Å². The number of aryl methyl sites for hydroxylation is 2. The Labute approximate surface area is 129 Å². The molecule has 3 aromatic rings. The first-order valence-corrected chi connectivity index (χ1v) is 6.77. The molecule has 0 amide bonds. The van der Waals surface area contributed by atoms with E-state index in [1.54, 1.807) is 11.7 Å². The number of fused-ring (bicyclic) bond motifs is 1. The van der Waals surface area contributed by atoms with Gasteiger partial charge < -0.3 is 9.84 Å². The maximum atomic E-state index is 12.4. The van der Waals surface area contributed by atoms with E-state index in [4.69, 9.17) is 0 Å². The van der Waals surface area contributed by atoms with Gasteiger partial charge in [0.25, 0.3) is 0 Å². The zero-order chi connectivity index (χ0) is 16.8. The Hall–Kier alpha value is -2.70. The fourth-order valence-corrected chi connectivity index (χ4v) is 2.46. The largest absolute Gasteiger partial charge is 0.573 e. The number of aromatic hydroxyl groups is 1. The SMILES string of the molecule is Cc1ccc2c(c1)c(-c1ccc(O)c(OC(F)(F)F)c1)nn2C. The van der Waals surface area contributed by atoms with Crippen LogP contribution in [0, 0.1) is 6.92 Å². The van der Waals surface area contributed by atoms with Crippen LogP contribution in [0.5, 0.6) is 11.5 Å². The fourth-order valence-electron chi connectivity index (χ4n) is 2.46. The van der Waals surface area contributed by atoms with Crippen LogP contribution in [0.15, 0.2) is 36.4 Å². The van der Waals surface area contributed by atoms with Crippen LogP contribution in [-0.2, 0) is 7.05 Å². The van der Waals surface area contributed by atoms with E-state index in [1.807, 2.05) is 25.1 Å². The molecule has 0 spiro atoms. The third-order valence-electron chi connectivity index (χ3n) is 3.46. The third-order valence-corrected chi connectivity index (χ3v) is 3.46. The van der Waals surface area contributed by atoms with Crippen molar-refractivity contribution in [3.8, 4) is 22.8 Å². The van der Waals surface area contributed by atoms with Crippen molar-refractivity contribution in [1.82, 2.24) is 9.78 Å². The van der Waals surface area contributed by atoms with Crippen molar-refractivity contribution in [2.75, 3.05) is 0 Å². The van der Waals surface area contributed by atoms with Crippen molar-refractivity contribution in [3.63, 3.8) is 0 Å². The summed E-state index contributed by atoms with van der Waals surface area (Å²) in [5.41, 5.74) is 2.82. The van der Waals surface area contributed by atoms with Gasteiger partial charge in [-0.15, -0.1) is 13.2 Å². The van der Waals surface area contributed by atoms with Gasteiger partial charge in [0, 0.05) is 18.0 Å². The summed E-state index contributed by atoms with van der Waals surface area (Å²) in [5, 5.41) is 14.7. The van der Waals surface area contributed by atoms with Gasteiger partial charge in [-0.05, 0) is 37.3 Å². The molecule has 7 heteroatoms. The molecule has 1 aromatic heterocycles. The maximum absolute atomic E-state index is 12.4. The van der Waals surface area contributed by atoms with Gasteiger partial charge in [0.05, 0.1) is 5.52 Å². The molecule has 0 aliphatic carbocycles. The van der Waals surface area contributed by atoms with E-state index >= 15 is 0 Å². The van der Waals surface area contributed by atoms with Gasteiger partial charge in [-0.3, -0.25) is 4.68 Å². The first-order valence-electron chi connectivity index (χ1n) is 6.77. The van der Waals surface area contributed by atoms with Crippen LogP contribution < -0.4 is 4.74 Å². The van der Waals surface area contributed by atoms with Gasteiger partial charge in [0.2, 0.25) is 0 Å². The zero-order valence-electron chi connectivity index (χ0n) is 12.3. The number of alkyl halides is 3. The predicted molar refractivity (Wildman–Crippen MR) is 79.2 cm³/mol. The molecule has 0 aliphatic rings. The van der Waals surface area contributed by atoms with E-state index in [9.17, 15) is 18.3 Å². The first kappa shape index (κ1) is 15.2. The molecule has 0 saturated heterocycles. The van der Waals surface area contributed by atoms with E-state index in [0.29, 0.717) is 11.3 Å². The Balaban J connectivity index is 2.16. The molecule has 0 aliphatic heterocycles. The minimum Gasteiger partial charge on any atom is -0.504 e. The number of phenols is 1. The highest BCUT2D eigenvalue weighted by molar-refractivity contribution is 5.94. The zero-order valence-corrected chi connectivity index (χ0v) is 12.3. The van der Waals surface area contributed by atoms with E-state index < -0.39 is 17.9 Å². The molecule has 2 aromatic carbocycles. The third kappa shape index (κ3) is 2.94. The summed E-state index contributed by atoms with van der Waals surface area (Å²) in [5.74, 6) is -1.23. The molecule has 0 atom stereocenters. The quantitative estimate of drug-likeness (QED) is 0.771. The van der Waals surface area contributed by atoms with Gasteiger partial charge in [0.15, 0.2) is 11.5 Å². The second-order valence-corrected chi connectivity index (χ2v) is 5.22. The Morgan fingerprint density at radius 2 is 1.87 bits per heavy atom. The van der Waals surface area contributed by atoms with Crippen LogP contribution in [0.3, 0.4) is 0 Å². The van der Waals surface area contributed by atoms with E-state index in [-0.39, 0.29) is 0 Å². The molecule has 0 saturated carbocycles. The summed E-state index contributed by atoms with van der Waals surface area (Å²) in [4.78, 5) is 0. The highest BCUT2D eigenvalue weighted by Crippen LogP contribution is 2.37. The number of benzene rings is 2. The lowest BCUT2D eigenvalue weighted by molar-refractivity contribution is -0.275. The van der Waals surface area contributed by atoms with Crippen LogP contribution in [0.2, 0.25) is 0 Å². The van der Waals surface area contributed by atoms with Gasteiger partial charge >= 0.3 is 6.36 Å². The molecule has 1 heterocycles. The van der Waals surface area contributed by atoms with Crippen LogP contribution in [0.1, 0.15) is 5.56 Å². The van der Waals surface area contributed by atoms with Crippen molar-refractivity contribution >= 4 is 10.9 Å². The molecule has 1 N–H and O–H groups in total. The molecule has 3 rings (SSSR count). The van der Waals surface area contributed by atoms with Crippen LogP contribution in [0.4, 0.5) is 13.2 Å². The minimum atomic E-state index is -4.88. The van der Waals surface area contributed by atoms with Gasteiger partial charge in [-0.25, -0.2) is 0 Å². The predicted octanol–water partition coefficient (Wildman–Crippen LogP) is 4.15. The number of aromatic nitrogens is 2. The number of rotatable bonds is 2. The molecule has 0 radical (unpaired) electrons. The Morgan fingerprint density at radius 3 is 2.57 bits per heavy atom. The summed E-state index contributed by atoms with van der Waals surface area (Å²) in [6.07, 6.45) is -4.88. The average Bonchev–Trinajstić information content (AvgIpc) is 2.76. The minimum absolute atomic E-state index is 0.429. The van der Waals surface area contributed by atoms with Gasteiger partial charge in [0.1, 0.15) is 5.69 Å². The van der Waals surface area contributed by atoms with Crippen LogP contribution in [-0.4, -0.2) is 21.2 Å². The van der Waals surface area contributed by atoms with Crippen LogP contribution in [0.25, 0.3) is 22.2 Å². The van der Waals surface area contributed by atoms with Crippen LogP contribution >= 0.6 is 0 Å². The Morgan fingerprint density at radius 1 is 1.13 bits per heavy atom. The molecule has 4 nitrogen and oxygen atoms in total. The van der Waals surface area contributed by atoms with Gasteiger partial charge in [-0.2, -0.15) is 5.10 Å². The number of ether oxygens (including phenoxy) is 1.